The molecule has 0 unspecified atom stereocenters. The van der Waals surface area contributed by atoms with Gasteiger partial charge in [-0.25, -0.2) is 0 Å². The van der Waals surface area contributed by atoms with Gasteiger partial charge in [-0.2, -0.15) is 0 Å². The van der Waals surface area contributed by atoms with Gasteiger partial charge < -0.3 is 5.32 Å². The van der Waals surface area contributed by atoms with Gasteiger partial charge in [-0.3, -0.25) is 4.79 Å². The van der Waals surface area contributed by atoms with Crippen molar-refractivity contribution in [1.29, 1.82) is 0 Å². The molecule has 1 amide bonds. The van der Waals surface area contributed by atoms with Gasteiger partial charge in [0, 0.05) is 11.6 Å². The van der Waals surface area contributed by atoms with E-state index in [1.165, 1.54) is 0 Å². The molecule has 0 atom stereocenters. The molecule has 0 aliphatic rings. The standard InChI is InChI=1S/C15H12Cl3NO/c16-9-10-1-4-12(5-2-10)19-15(20)8-11-3-6-13(17)14(18)7-11/h1-7H,8-9H2,(H,19,20). The lowest BCUT2D eigenvalue weighted by molar-refractivity contribution is -0.115. The SMILES string of the molecule is O=C(Cc1ccc(Cl)c(Cl)c1)Nc1ccc(CCl)cc1. The van der Waals surface area contributed by atoms with Gasteiger partial charge in [-0.15, -0.1) is 11.6 Å². The van der Waals surface area contributed by atoms with Crippen LogP contribution in [0.5, 0.6) is 0 Å². The summed E-state index contributed by atoms with van der Waals surface area (Å²) in [6, 6.07) is 12.6. The highest BCUT2D eigenvalue weighted by atomic mass is 35.5. The van der Waals surface area contributed by atoms with Gasteiger partial charge in [0.05, 0.1) is 16.5 Å². The lowest BCUT2D eigenvalue weighted by atomic mass is 10.1. The molecule has 0 radical (unpaired) electrons. The van der Waals surface area contributed by atoms with Gasteiger partial charge in [0.25, 0.3) is 0 Å². The van der Waals surface area contributed by atoms with Crippen molar-refractivity contribution in [3.8, 4) is 0 Å². The lowest BCUT2D eigenvalue weighted by Crippen LogP contribution is -2.14. The first-order chi connectivity index (χ1) is 9.58. The van der Waals surface area contributed by atoms with Crippen molar-refractivity contribution >= 4 is 46.4 Å². The second-order valence-electron chi connectivity index (χ2n) is 4.30. The predicted octanol–water partition coefficient (Wildman–Crippen LogP) is 4.91. The van der Waals surface area contributed by atoms with E-state index < -0.39 is 0 Å². The first kappa shape index (κ1) is 15.2. The Morgan fingerprint density at radius 3 is 2.20 bits per heavy atom. The van der Waals surface area contributed by atoms with Gasteiger partial charge in [0.2, 0.25) is 5.91 Å². The third-order valence-corrected chi connectivity index (χ3v) is 3.79. The summed E-state index contributed by atoms with van der Waals surface area (Å²) in [5, 5.41) is 3.74. The Bertz CT molecular complexity index is 611. The van der Waals surface area contributed by atoms with Gasteiger partial charge in [0.1, 0.15) is 0 Å². The minimum Gasteiger partial charge on any atom is -0.326 e. The van der Waals surface area contributed by atoms with Crippen molar-refractivity contribution in [3.63, 3.8) is 0 Å². The van der Waals surface area contributed by atoms with Crippen LogP contribution < -0.4 is 5.32 Å². The van der Waals surface area contributed by atoms with Crippen molar-refractivity contribution in [2.45, 2.75) is 12.3 Å². The Balaban J connectivity index is 1.99. The van der Waals surface area contributed by atoms with Crippen LogP contribution in [0.2, 0.25) is 10.0 Å². The van der Waals surface area contributed by atoms with E-state index in [-0.39, 0.29) is 12.3 Å². The minimum atomic E-state index is -0.109. The smallest absolute Gasteiger partial charge is 0.228 e. The molecular weight excluding hydrogens is 317 g/mol. The number of carbonyl (C=O) groups is 1. The summed E-state index contributed by atoms with van der Waals surface area (Å²) in [6.45, 7) is 0. The first-order valence-electron chi connectivity index (χ1n) is 5.97. The number of hydrogen-bond acceptors (Lipinski definition) is 1. The Labute approximate surface area is 132 Å². The average molecular weight is 329 g/mol. The van der Waals surface area contributed by atoms with Crippen LogP contribution in [0, 0.1) is 0 Å². The number of amides is 1. The fourth-order valence-electron chi connectivity index (χ4n) is 1.72. The third-order valence-electron chi connectivity index (χ3n) is 2.74. The topological polar surface area (TPSA) is 29.1 Å². The minimum absolute atomic E-state index is 0.109. The quantitative estimate of drug-likeness (QED) is 0.794. The molecule has 2 rings (SSSR count). The fourth-order valence-corrected chi connectivity index (χ4v) is 2.22. The van der Waals surface area contributed by atoms with Crippen LogP contribution in [0.15, 0.2) is 42.5 Å². The highest BCUT2D eigenvalue weighted by molar-refractivity contribution is 6.42. The third kappa shape index (κ3) is 4.14. The van der Waals surface area contributed by atoms with Gasteiger partial charge >= 0.3 is 0 Å². The summed E-state index contributed by atoms with van der Waals surface area (Å²) < 4.78 is 0. The largest absolute Gasteiger partial charge is 0.326 e. The van der Waals surface area contributed by atoms with Crippen LogP contribution in [0.25, 0.3) is 0 Å². The number of anilines is 1. The molecule has 0 saturated heterocycles. The molecule has 20 heavy (non-hydrogen) atoms. The monoisotopic (exact) mass is 327 g/mol. The number of nitrogens with one attached hydrogen (secondary N) is 1. The van der Waals surface area contributed by atoms with E-state index in [4.69, 9.17) is 34.8 Å². The van der Waals surface area contributed by atoms with Crippen molar-refractivity contribution in [2.75, 3.05) is 5.32 Å². The Hall–Kier alpha value is -1.22. The predicted molar refractivity (Wildman–Crippen MR) is 84.8 cm³/mol. The maximum atomic E-state index is 11.9. The van der Waals surface area contributed by atoms with Gasteiger partial charge in [0.15, 0.2) is 0 Å². The van der Waals surface area contributed by atoms with E-state index in [0.717, 1.165) is 16.8 Å². The molecule has 0 aliphatic carbocycles. The molecule has 5 heteroatoms. The molecule has 0 saturated carbocycles. The summed E-state index contributed by atoms with van der Waals surface area (Å²) >= 11 is 17.5. The molecule has 0 bridgehead atoms. The molecule has 2 aromatic rings. The van der Waals surface area contributed by atoms with E-state index in [2.05, 4.69) is 5.32 Å². The summed E-state index contributed by atoms with van der Waals surface area (Å²) in [5.74, 6) is 0.347. The maximum Gasteiger partial charge on any atom is 0.228 e. The molecule has 2 nitrogen and oxygen atoms in total. The van der Waals surface area contributed by atoms with Crippen LogP contribution in [0.1, 0.15) is 11.1 Å². The Kier molecular flexibility index (Phi) is 5.30. The van der Waals surface area contributed by atoms with E-state index in [1.54, 1.807) is 18.2 Å². The van der Waals surface area contributed by atoms with Crippen LogP contribution in [0.3, 0.4) is 0 Å². The molecule has 1 N–H and O–H groups in total. The van der Waals surface area contributed by atoms with E-state index in [1.807, 2.05) is 24.3 Å². The molecule has 0 aromatic heterocycles. The van der Waals surface area contributed by atoms with Crippen molar-refractivity contribution in [3.05, 3.63) is 63.6 Å². The number of alkyl halides is 1. The number of halogens is 3. The molecule has 0 heterocycles. The van der Waals surface area contributed by atoms with Crippen molar-refractivity contribution in [2.24, 2.45) is 0 Å². The second kappa shape index (κ2) is 6.98. The Morgan fingerprint density at radius 1 is 0.950 bits per heavy atom. The highest BCUT2D eigenvalue weighted by Crippen LogP contribution is 2.23. The molecule has 104 valence electrons. The number of hydrogen-bond donors (Lipinski definition) is 1. The van der Waals surface area contributed by atoms with E-state index >= 15 is 0 Å². The number of carbonyl (C=O) groups excluding carboxylic acids is 1. The highest BCUT2D eigenvalue weighted by Gasteiger charge is 2.06. The van der Waals surface area contributed by atoms with Crippen LogP contribution in [-0.2, 0) is 17.1 Å². The van der Waals surface area contributed by atoms with E-state index in [0.29, 0.717) is 15.9 Å². The van der Waals surface area contributed by atoms with Gasteiger partial charge in [-0.05, 0) is 35.4 Å². The van der Waals surface area contributed by atoms with Crippen molar-refractivity contribution < 1.29 is 4.79 Å². The summed E-state index contributed by atoms with van der Waals surface area (Å²) in [5.41, 5.74) is 2.56. The van der Waals surface area contributed by atoms with Crippen LogP contribution >= 0.6 is 34.8 Å². The van der Waals surface area contributed by atoms with Crippen molar-refractivity contribution in [1.82, 2.24) is 0 Å². The van der Waals surface area contributed by atoms with Gasteiger partial charge in [-0.1, -0.05) is 41.4 Å². The van der Waals surface area contributed by atoms with Crippen LogP contribution in [-0.4, -0.2) is 5.91 Å². The van der Waals surface area contributed by atoms with E-state index in [9.17, 15) is 4.79 Å². The average Bonchev–Trinajstić information content (AvgIpc) is 2.44. The second-order valence-corrected chi connectivity index (χ2v) is 5.39. The summed E-state index contributed by atoms with van der Waals surface area (Å²) in [6.07, 6.45) is 0.244. The normalized spacial score (nSPS) is 10.3. The molecule has 2 aromatic carbocycles. The molecule has 0 spiro atoms. The Morgan fingerprint density at radius 2 is 1.60 bits per heavy atom. The first-order valence-corrected chi connectivity index (χ1v) is 7.26. The number of benzene rings is 2. The maximum absolute atomic E-state index is 11.9. The molecular formula is C15H12Cl3NO. The molecule has 0 aliphatic heterocycles. The zero-order valence-electron chi connectivity index (χ0n) is 10.5. The lowest BCUT2D eigenvalue weighted by Gasteiger charge is -2.06. The summed E-state index contributed by atoms with van der Waals surface area (Å²) in [7, 11) is 0. The fraction of sp³-hybridized carbons (Fsp3) is 0.133. The van der Waals surface area contributed by atoms with Crippen LogP contribution in [0.4, 0.5) is 5.69 Å². The molecule has 0 fully saturated rings. The zero-order valence-corrected chi connectivity index (χ0v) is 12.8. The number of rotatable bonds is 4. The zero-order chi connectivity index (χ0) is 14.5. The summed E-state index contributed by atoms with van der Waals surface area (Å²) in [4.78, 5) is 11.9.